The van der Waals surface area contributed by atoms with Gasteiger partial charge in [-0.1, -0.05) is 12.1 Å². The minimum absolute atomic E-state index is 0.264. The van der Waals surface area contributed by atoms with Crippen LogP contribution in [0.15, 0.2) is 48.8 Å². The van der Waals surface area contributed by atoms with Crippen LogP contribution in [0.2, 0.25) is 0 Å². The molecule has 98 valence electrons. The van der Waals surface area contributed by atoms with E-state index in [4.69, 9.17) is 5.11 Å². The molecule has 0 aliphatic heterocycles. The molecule has 2 rings (SSSR count). The molecule has 1 heterocycles. The fourth-order valence-corrected chi connectivity index (χ4v) is 1.85. The van der Waals surface area contributed by atoms with E-state index >= 15 is 0 Å². The lowest BCUT2D eigenvalue weighted by Crippen LogP contribution is -2.37. The van der Waals surface area contributed by atoms with E-state index in [-0.39, 0.29) is 6.42 Å². The smallest absolute Gasteiger partial charge is 0.326 e. The van der Waals surface area contributed by atoms with Crippen molar-refractivity contribution < 1.29 is 14.7 Å². The second-order valence-electron chi connectivity index (χ2n) is 4.14. The molecule has 1 atom stereocenters. The van der Waals surface area contributed by atoms with Gasteiger partial charge in [0.15, 0.2) is 0 Å². The molecule has 0 saturated heterocycles. The van der Waals surface area contributed by atoms with Crippen molar-refractivity contribution in [2.75, 3.05) is 0 Å². The number of carboxylic acid groups (broad SMARTS) is 1. The number of nitrogens with one attached hydrogen (secondary N) is 1. The maximum absolute atomic E-state index is 10.9. The molecule has 2 aromatic rings. The summed E-state index contributed by atoms with van der Waals surface area (Å²) >= 11 is 0. The van der Waals surface area contributed by atoms with Crippen molar-refractivity contribution in [3.63, 3.8) is 0 Å². The Morgan fingerprint density at radius 3 is 2.42 bits per heavy atom. The molecular weight excluding hydrogens is 244 g/mol. The van der Waals surface area contributed by atoms with Crippen molar-refractivity contribution in [2.24, 2.45) is 0 Å². The highest BCUT2D eigenvalue weighted by Gasteiger charge is 2.16. The van der Waals surface area contributed by atoms with E-state index in [0.29, 0.717) is 6.41 Å². The molecule has 0 bridgehead atoms. The van der Waals surface area contributed by atoms with Crippen molar-refractivity contribution in [1.82, 2.24) is 9.88 Å². The van der Waals surface area contributed by atoms with Crippen molar-refractivity contribution in [1.29, 1.82) is 0 Å². The van der Waals surface area contributed by atoms with E-state index in [1.54, 1.807) is 0 Å². The molecule has 0 aliphatic rings. The van der Waals surface area contributed by atoms with Crippen LogP contribution in [0, 0.1) is 0 Å². The highest BCUT2D eigenvalue weighted by atomic mass is 16.4. The molecule has 5 heteroatoms. The van der Waals surface area contributed by atoms with Gasteiger partial charge in [0.05, 0.1) is 0 Å². The van der Waals surface area contributed by atoms with E-state index < -0.39 is 12.0 Å². The van der Waals surface area contributed by atoms with E-state index in [1.165, 1.54) is 0 Å². The summed E-state index contributed by atoms with van der Waals surface area (Å²) in [6.07, 6.45) is 4.54. The average molecular weight is 258 g/mol. The van der Waals surface area contributed by atoms with Crippen LogP contribution in [0.1, 0.15) is 5.56 Å². The first-order chi connectivity index (χ1) is 9.20. The molecule has 1 unspecified atom stereocenters. The fraction of sp³-hybridized carbons (Fsp3) is 0.143. The van der Waals surface area contributed by atoms with Crippen LogP contribution in [0.3, 0.4) is 0 Å². The van der Waals surface area contributed by atoms with Gasteiger partial charge in [-0.2, -0.15) is 0 Å². The van der Waals surface area contributed by atoms with Gasteiger partial charge in [0.2, 0.25) is 6.41 Å². The Morgan fingerprint density at radius 2 is 1.89 bits per heavy atom. The van der Waals surface area contributed by atoms with Gasteiger partial charge in [-0.25, -0.2) is 4.79 Å². The fourth-order valence-electron chi connectivity index (χ4n) is 1.85. The summed E-state index contributed by atoms with van der Waals surface area (Å²) < 4.78 is 1.96. The molecule has 2 N–H and O–H groups in total. The molecule has 19 heavy (non-hydrogen) atoms. The van der Waals surface area contributed by atoms with E-state index in [0.717, 1.165) is 11.3 Å². The van der Waals surface area contributed by atoms with Gasteiger partial charge in [0.1, 0.15) is 6.04 Å². The van der Waals surface area contributed by atoms with Crippen LogP contribution >= 0.6 is 0 Å². The number of hydrogen-bond donors (Lipinski definition) is 2. The SMILES string of the molecule is O=CNC(Cc1ccc(-n2cccc2)cc1)C(=O)O. The molecule has 1 aromatic heterocycles. The summed E-state index contributed by atoms with van der Waals surface area (Å²) in [7, 11) is 0. The topological polar surface area (TPSA) is 71.3 Å². The lowest BCUT2D eigenvalue weighted by atomic mass is 10.1. The first kappa shape index (κ1) is 12.9. The third kappa shape index (κ3) is 3.22. The number of benzene rings is 1. The van der Waals surface area contributed by atoms with Crippen molar-refractivity contribution in [3.05, 3.63) is 54.4 Å². The quantitative estimate of drug-likeness (QED) is 0.765. The molecule has 1 aromatic carbocycles. The standard InChI is InChI=1S/C14H14N2O3/c17-10-15-13(14(18)19)9-11-3-5-12(6-4-11)16-7-1-2-8-16/h1-8,10,13H,9H2,(H,15,17)(H,18,19). The third-order valence-electron chi connectivity index (χ3n) is 2.85. The van der Waals surface area contributed by atoms with E-state index in [9.17, 15) is 9.59 Å². The number of carbonyl (C=O) groups excluding carboxylic acids is 1. The van der Waals surface area contributed by atoms with Crippen molar-refractivity contribution in [2.45, 2.75) is 12.5 Å². The zero-order valence-corrected chi connectivity index (χ0v) is 10.2. The van der Waals surface area contributed by atoms with Crippen LogP contribution < -0.4 is 5.32 Å². The van der Waals surface area contributed by atoms with Crippen molar-refractivity contribution >= 4 is 12.4 Å². The number of carboxylic acids is 1. The number of rotatable bonds is 6. The molecule has 5 nitrogen and oxygen atoms in total. The monoisotopic (exact) mass is 258 g/mol. The summed E-state index contributed by atoms with van der Waals surface area (Å²) in [6, 6.07) is 10.5. The number of aromatic nitrogens is 1. The number of amides is 1. The first-order valence-corrected chi connectivity index (χ1v) is 5.85. The van der Waals surface area contributed by atoms with Crippen LogP contribution in [0.5, 0.6) is 0 Å². The third-order valence-corrected chi connectivity index (χ3v) is 2.85. The largest absolute Gasteiger partial charge is 0.480 e. The lowest BCUT2D eigenvalue weighted by molar-refractivity contribution is -0.140. The minimum Gasteiger partial charge on any atom is -0.480 e. The Balaban J connectivity index is 2.10. The van der Waals surface area contributed by atoms with Crippen molar-refractivity contribution in [3.8, 4) is 5.69 Å². The van der Waals surface area contributed by atoms with Crippen LogP contribution in [-0.2, 0) is 16.0 Å². The second-order valence-corrected chi connectivity index (χ2v) is 4.14. The molecule has 0 saturated carbocycles. The Hall–Kier alpha value is -2.56. The van der Waals surface area contributed by atoms with Gasteiger partial charge in [-0.05, 0) is 29.8 Å². The number of hydrogen-bond acceptors (Lipinski definition) is 2. The average Bonchev–Trinajstić information content (AvgIpc) is 2.93. The maximum atomic E-state index is 10.9. The van der Waals surface area contributed by atoms with Gasteiger partial charge < -0.3 is 15.0 Å². The number of carbonyl (C=O) groups is 2. The highest BCUT2D eigenvalue weighted by Crippen LogP contribution is 2.11. The van der Waals surface area contributed by atoms with Crippen LogP contribution in [-0.4, -0.2) is 28.1 Å². The first-order valence-electron chi connectivity index (χ1n) is 5.85. The number of aliphatic carboxylic acids is 1. The normalized spacial score (nSPS) is 11.8. The lowest BCUT2D eigenvalue weighted by Gasteiger charge is -2.11. The maximum Gasteiger partial charge on any atom is 0.326 e. The summed E-state index contributed by atoms with van der Waals surface area (Å²) in [5.74, 6) is -1.04. The molecule has 0 aliphatic carbocycles. The minimum atomic E-state index is -1.04. The molecule has 0 fully saturated rings. The second kappa shape index (κ2) is 5.86. The summed E-state index contributed by atoms with van der Waals surface area (Å²) in [6.45, 7) is 0. The van der Waals surface area contributed by atoms with Gasteiger partial charge in [0.25, 0.3) is 0 Å². The molecule has 0 radical (unpaired) electrons. The van der Waals surface area contributed by atoms with E-state index in [2.05, 4.69) is 5.32 Å². The predicted octanol–water partition coefficient (Wildman–Crippen LogP) is 1.22. The highest BCUT2D eigenvalue weighted by molar-refractivity contribution is 5.76. The molecular formula is C14H14N2O3. The summed E-state index contributed by atoms with van der Waals surface area (Å²) in [5.41, 5.74) is 1.86. The Bertz CT molecular complexity index is 547. The zero-order valence-electron chi connectivity index (χ0n) is 10.2. The Labute approximate surface area is 110 Å². The van der Waals surface area contributed by atoms with Gasteiger partial charge >= 0.3 is 5.97 Å². The van der Waals surface area contributed by atoms with Gasteiger partial charge in [-0.15, -0.1) is 0 Å². The van der Waals surface area contributed by atoms with Crippen LogP contribution in [0.25, 0.3) is 5.69 Å². The molecule has 1 amide bonds. The number of nitrogens with zero attached hydrogens (tertiary/aromatic N) is 1. The predicted molar refractivity (Wildman–Crippen MR) is 70.1 cm³/mol. The van der Waals surface area contributed by atoms with Gasteiger partial charge in [0, 0.05) is 24.5 Å². The Morgan fingerprint density at radius 1 is 1.26 bits per heavy atom. The Kier molecular flexibility index (Phi) is 3.97. The zero-order chi connectivity index (χ0) is 13.7. The van der Waals surface area contributed by atoms with Gasteiger partial charge in [-0.3, -0.25) is 4.79 Å². The summed E-state index contributed by atoms with van der Waals surface area (Å²) in [5, 5.41) is 11.2. The molecule has 0 spiro atoms. The van der Waals surface area contributed by atoms with Crippen LogP contribution in [0.4, 0.5) is 0 Å². The summed E-state index contributed by atoms with van der Waals surface area (Å²) in [4.78, 5) is 21.3. The van der Waals surface area contributed by atoms with E-state index in [1.807, 2.05) is 53.4 Å².